The first kappa shape index (κ1) is 15.0. The molecule has 128 valence electrons. The molecule has 0 saturated carbocycles. The fraction of sp³-hybridized carbons (Fsp3) is 0.143. The first-order chi connectivity index (χ1) is 12.8. The number of fused-ring (bicyclic) bond motifs is 2. The van der Waals surface area contributed by atoms with Gasteiger partial charge in [0.05, 0.1) is 11.0 Å². The van der Waals surface area contributed by atoms with Crippen molar-refractivity contribution < 1.29 is 9.47 Å². The van der Waals surface area contributed by atoms with Crippen molar-refractivity contribution in [2.75, 3.05) is 6.61 Å². The van der Waals surface area contributed by atoms with E-state index in [1.165, 1.54) is 0 Å². The van der Waals surface area contributed by atoms with Crippen molar-refractivity contribution >= 4 is 11.0 Å². The molecule has 2 aromatic carbocycles. The van der Waals surface area contributed by atoms with Crippen LogP contribution >= 0.6 is 0 Å². The molecule has 0 fully saturated rings. The molecule has 3 heterocycles. The number of hydrogen-bond donors (Lipinski definition) is 1. The van der Waals surface area contributed by atoms with Gasteiger partial charge < -0.3 is 14.5 Å². The maximum atomic E-state index is 6.08. The third kappa shape index (κ3) is 2.49. The number of benzene rings is 2. The van der Waals surface area contributed by atoms with Gasteiger partial charge in [0, 0.05) is 12.4 Å². The van der Waals surface area contributed by atoms with E-state index in [1.54, 1.807) is 12.4 Å². The highest BCUT2D eigenvalue weighted by Gasteiger charge is 2.25. The summed E-state index contributed by atoms with van der Waals surface area (Å²) in [6, 6.07) is 16.0. The number of aromatic amines is 1. The van der Waals surface area contributed by atoms with Crippen molar-refractivity contribution in [3.63, 3.8) is 0 Å². The van der Waals surface area contributed by atoms with Gasteiger partial charge in [-0.15, -0.1) is 0 Å². The van der Waals surface area contributed by atoms with Crippen LogP contribution in [0.25, 0.3) is 22.2 Å². The Morgan fingerprint density at radius 2 is 1.81 bits per heavy atom. The van der Waals surface area contributed by atoms with Crippen LogP contribution in [0.3, 0.4) is 0 Å². The summed E-state index contributed by atoms with van der Waals surface area (Å²) in [6.07, 6.45) is 3.36. The Labute approximate surface area is 150 Å². The van der Waals surface area contributed by atoms with Crippen LogP contribution in [-0.4, -0.2) is 21.6 Å². The van der Waals surface area contributed by atoms with Gasteiger partial charge >= 0.3 is 0 Å². The van der Waals surface area contributed by atoms with Crippen LogP contribution in [0.5, 0.6) is 11.5 Å². The Hall–Kier alpha value is -3.34. The second kappa shape index (κ2) is 5.88. The number of nitrogens with zero attached hydrogens (tertiary/aromatic N) is 2. The number of H-pyrrole nitrogens is 1. The molecule has 5 rings (SSSR count). The van der Waals surface area contributed by atoms with Gasteiger partial charge in [-0.2, -0.15) is 0 Å². The third-order valence-electron chi connectivity index (χ3n) is 4.62. The van der Waals surface area contributed by atoms with E-state index in [0.29, 0.717) is 6.61 Å². The number of nitrogens with one attached hydrogen (secondary N) is 1. The molecule has 1 N–H and O–H groups in total. The summed E-state index contributed by atoms with van der Waals surface area (Å²) >= 11 is 0. The number of para-hydroxylation sites is 2. The first-order valence-electron chi connectivity index (χ1n) is 8.57. The minimum absolute atomic E-state index is 0.249. The molecule has 4 aromatic rings. The normalized spacial score (nSPS) is 16.0. The molecule has 26 heavy (non-hydrogen) atoms. The molecule has 0 saturated heterocycles. The van der Waals surface area contributed by atoms with Gasteiger partial charge in [0.15, 0.2) is 23.4 Å². The van der Waals surface area contributed by atoms with Crippen LogP contribution in [-0.2, 0) is 0 Å². The number of pyridine rings is 1. The lowest BCUT2D eigenvalue weighted by molar-refractivity contribution is 0.0859. The van der Waals surface area contributed by atoms with Crippen LogP contribution < -0.4 is 9.47 Å². The van der Waals surface area contributed by atoms with E-state index in [0.717, 1.165) is 45.0 Å². The van der Waals surface area contributed by atoms with E-state index in [-0.39, 0.29) is 6.10 Å². The summed E-state index contributed by atoms with van der Waals surface area (Å²) in [5.74, 6) is 2.30. The predicted octanol–water partition coefficient (Wildman–Crippen LogP) is 4.45. The summed E-state index contributed by atoms with van der Waals surface area (Å²) in [5.41, 5.74) is 5.34. The van der Waals surface area contributed by atoms with Crippen LogP contribution in [0.2, 0.25) is 0 Å². The van der Waals surface area contributed by atoms with Crippen molar-refractivity contribution in [1.29, 1.82) is 0 Å². The van der Waals surface area contributed by atoms with Crippen molar-refractivity contribution in [2.45, 2.75) is 13.0 Å². The minimum Gasteiger partial charge on any atom is -0.485 e. The number of aryl methyl sites for hydroxylation is 1. The van der Waals surface area contributed by atoms with Crippen molar-refractivity contribution in [3.8, 4) is 22.6 Å². The maximum absolute atomic E-state index is 6.08. The Bertz CT molecular complexity index is 1090. The minimum atomic E-state index is -0.249. The Morgan fingerprint density at radius 1 is 1.00 bits per heavy atom. The molecule has 0 bridgehead atoms. The molecule has 5 heteroatoms. The van der Waals surface area contributed by atoms with Crippen LogP contribution in [0.4, 0.5) is 0 Å². The lowest BCUT2D eigenvalue weighted by atomic mass is 10.0. The van der Waals surface area contributed by atoms with Crippen molar-refractivity contribution in [3.05, 3.63) is 72.3 Å². The SMILES string of the molecule is Cc1cc(-c2ccncc2)cc2[nH]c(C3COc4ccccc4O3)nc12. The summed E-state index contributed by atoms with van der Waals surface area (Å²) in [4.78, 5) is 12.3. The quantitative estimate of drug-likeness (QED) is 0.584. The highest BCUT2D eigenvalue weighted by atomic mass is 16.6. The third-order valence-corrected chi connectivity index (χ3v) is 4.62. The summed E-state index contributed by atoms with van der Waals surface area (Å²) in [7, 11) is 0. The number of aromatic nitrogens is 3. The molecular weight excluding hydrogens is 326 g/mol. The number of ether oxygens (including phenoxy) is 2. The largest absolute Gasteiger partial charge is 0.485 e. The zero-order valence-electron chi connectivity index (χ0n) is 14.3. The first-order valence-corrected chi connectivity index (χ1v) is 8.57. The van der Waals surface area contributed by atoms with Crippen molar-refractivity contribution in [1.82, 2.24) is 15.0 Å². The molecule has 1 unspecified atom stereocenters. The van der Waals surface area contributed by atoms with Crippen LogP contribution in [0.15, 0.2) is 60.9 Å². The number of imidazole rings is 1. The molecule has 5 nitrogen and oxygen atoms in total. The number of hydrogen-bond acceptors (Lipinski definition) is 4. The maximum Gasteiger partial charge on any atom is 0.190 e. The fourth-order valence-corrected chi connectivity index (χ4v) is 3.33. The smallest absolute Gasteiger partial charge is 0.190 e. The molecule has 1 atom stereocenters. The zero-order chi connectivity index (χ0) is 17.5. The van der Waals surface area contributed by atoms with Gasteiger partial charge in [-0.25, -0.2) is 4.98 Å². The number of rotatable bonds is 2. The Morgan fingerprint density at radius 3 is 2.65 bits per heavy atom. The van der Waals surface area contributed by atoms with Gasteiger partial charge in [0.25, 0.3) is 0 Å². The van der Waals surface area contributed by atoms with Gasteiger partial charge in [0.1, 0.15) is 6.61 Å². The van der Waals surface area contributed by atoms with Gasteiger partial charge in [-0.05, 0) is 60.0 Å². The van der Waals surface area contributed by atoms with E-state index in [1.807, 2.05) is 36.4 Å². The highest BCUT2D eigenvalue weighted by Crippen LogP contribution is 2.36. The lowest BCUT2D eigenvalue weighted by Crippen LogP contribution is -2.22. The summed E-state index contributed by atoms with van der Waals surface area (Å²) in [5, 5.41) is 0. The van der Waals surface area contributed by atoms with E-state index in [4.69, 9.17) is 14.5 Å². The molecule has 0 radical (unpaired) electrons. The zero-order valence-corrected chi connectivity index (χ0v) is 14.3. The monoisotopic (exact) mass is 343 g/mol. The average molecular weight is 343 g/mol. The molecule has 0 amide bonds. The average Bonchev–Trinajstić information content (AvgIpc) is 3.13. The Kier molecular flexibility index (Phi) is 3.38. The van der Waals surface area contributed by atoms with Gasteiger partial charge in [0.2, 0.25) is 0 Å². The lowest BCUT2D eigenvalue weighted by Gasteiger charge is -2.24. The van der Waals surface area contributed by atoms with E-state index >= 15 is 0 Å². The molecule has 1 aliphatic rings. The predicted molar refractivity (Wildman–Crippen MR) is 99.4 cm³/mol. The summed E-state index contributed by atoms with van der Waals surface area (Å²) in [6.45, 7) is 2.51. The molecule has 0 aliphatic carbocycles. The highest BCUT2D eigenvalue weighted by molar-refractivity contribution is 5.85. The molecule has 2 aromatic heterocycles. The molecule has 0 spiro atoms. The van der Waals surface area contributed by atoms with E-state index < -0.39 is 0 Å². The second-order valence-electron chi connectivity index (χ2n) is 6.41. The fourth-order valence-electron chi connectivity index (χ4n) is 3.33. The van der Waals surface area contributed by atoms with Crippen LogP contribution in [0, 0.1) is 6.92 Å². The van der Waals surface area contributed by atoms with Crippen molar-refractivity contribution in [2.24, 2.45) is 0 Å². The van der Waals surface area contributed by atoms with E-state index in [9.17, 15) is 0 Å². The van der Waals surface area contributed by atoms with Crippen LogP contribution in [0.1, 0.15) is 17.5 Å². The van der Waals surface area contributed by atoms with E-state index in [2.05, 4.69) is 29.0 Å². The molecule has 1 aliphatic heterocycles. The molecular formula is C21H17N3O2. The summed E-state index contributed by atoms with van der Waals surface area (Å²) < 4.78 is 11.9. The Balaban J connectivity index is 1.53. The standard InChI is InChI=1S/C21H17N3O2/c1-13-10-15(14-6-8-22-9-7-14)11-16-20(13)24-21(23-16)19-12-25-17-4-2-3-5-18(17)26-19/h2-11,19H,12H2,1H3,(H,23,24). The van der Waals surface area contributed by atoms with Gasteiger partial charge in [-0.3, -0.25) is 4.98 Å². The second-order valence-corrected chi connectivity index (χ2v) is 6.41. The topological polar surface area (TPSA) is 60.0 Å². The van der Waals surface area contributed by atoms with Gasteiger partial charge in [-0.1, -0.05) is 12.1 Å².